The molecule has 0 aromatic carbocycles. The van der Waals surface area contributed by atoms with Gasteiger partial charge in [0.15, 0.2) is 11.9 Å². The van der Waals surface area contributed by atoms with Crippen molar-refractivity contribution in [1.82, 2.24) is 0 Å². The Balaban J connectivity index is 4.03. The Morgan fingerprint density at radius 2 is 1.67 bits per heavy atom. The van der Waals surface area contributed by atoms with Gasteiger partial charge in [-0.05, 0) is 32.6 Å². The van der Waals surface area contributed by atoms with Gasteiger partial charge in [0.1, 0.15) is 25.7 Å². The van der Waals surface area contributed by atoms with Gasteiger partial charge in [-0.15, -0.1) is 0 Å². The molecule has 0 rings (SSSR count). The van der Waals surface area contributed by atoms with Crippen LogP contribution >= 0.6 is 0 Å². The molecule has 8 heteroatoms. The van der Waals surface area contributed by atoms with E-state index in [-0.39, 0.29) is 13.2 Å². The molecule has 0 aliphatic carbocycles. The maximum atomic E-state index is 11.6. The highest BCUT2D eigenvalue weighted by Gasteiger charge is 2.23. The van der Waals surface area contributed by atoms with Gasteiger partial charge in [0.2, 0.25) is 0 Å². The number of ketones is 1. The van der Waals surface area contributed by atoms with Gasteiger partial charge in [-0.25, -0.2) is 9.59 Å². The Labute approximate surface area is 139 Å². The summed E-state index contributed by atoms with van der Waals surface area (Å²) in [7, 11) is 0. The van der Waals surface area contributed by atoms with Gasteiger partial charge >= 0.3 is 17.9 Å². The van der Waals surface area contributed by atoms with E-state index in [2.05, 4.69) is 37.9 Å². The molecule has 0 spiro atoms. The lowest BCUT2D eigenvalue weighted by molar-refractivity contribution is -0.163. The zero-order valence-corrected chi connectivity index (χ0v) is 13.6. The first-order valence-electron chi connectivity index (χ1n) is 6.94. The van der Waals surface area contributed by atoms with Gasteiger partial charge in [0, 0.05) is 5.92 Å². The SMILES string of the molecule is CC#CC#CC(=O)OCCOC(=O)CC(=O)C(C)OC(=O)C(C)O. The van der Waals surface area contributed by atoms with Crippen molar-refractivity contribution >= 4 is 23.7 Å². The predicted molar refractivity (Wildman–Crippen MR) is 80.0 cm³/mol. The molecular formula is C16H18O8. The topological polar surface area (TPSA) is 116 Å². The summed E-state index contributed by atoms with van der Waals surface area (Å²) in [6.45, 7) is 3.55. The average molecular weight is 338 g/mol. The van der Waals surface area contributed by atoms with Gasteiger partial charge < -0.3 is 19.3 Å². The highest BCUT2D eigenvalue weighted by atomic mass is 16.6. The van der Waals surface area contributed by atoms with Crippen LogP contribution in [0.2, 0.25) is 0 Å². The van der Waals surface area contributed by atoms with Crippen LogP contribution in [0.15, 0.2) is 0 Å². The van der Waals surface area contributed by atoms with Crippen LogP contribution in [0.3, 0.4) is 0 Å². The Bertz CT molecular complexity index is 597. The lowest BCUT2D eigenvalue weighted by Gasteiger charge is -2.13. The van der Waals surface area contributed by atoms with E-state index in [1.54, 1.807) is 6.92 Å². The number of esters is 3. The molecule has 0 aliphatic heterocycles. The van der Waals surface area contributed by atoms with Crippen LogP contribution < -0.4 is 0 Å². The maximum absolute atomic E-state index is 11.6. The minimum absolute atomic E-state index is 0.223. The van der Waals surface area contributed by atoms with Gasteiger partial charge in [-0.2, -0.15) is 0 Å². The number of aliphatic hydroxyl groups is 1. The minimum Gasteiger partial charge on any atom is -0.462 e. The molecular weight excluding hydrogens is 320 g/mol. The second-order valence-electron chi connectivity index (χ2n) is 4.38. The van der Waals surface area contributed by atoms with Crippen molar-refractivity contribution in [2.45, 2.75) is 39.4 Å². The van der Waals surface area contributed by atoms with Crippen molar-refractivity contribution in [3.05, 3.63) is 0 Å². The molecule has 0 aliphatic rings. The number of carbonyl (C=O) groups is 4. The van der Waals surface area contributed by atoms with Crippen LogP contribution in [0.5, 0.6) is 0 Å². The standard InChI is InChI=1S/C16H18O8/c1-4-5-6-7-14(19)22-8-9-23-15(20)10-13(18)12(3)24-16(21)11(2)17/h11-12,17H,8-10H2,1-3H3. The molecule has 0 radical (unpaired) electrons. The Hall–Kier alpha value is -2.84. The molecule has 0 amide bonds. The average Bonchev–Trinajstić information content (AvgIpc) is 2.51. The summed E-state index contributed by atoms with van der Waals surface area (Å²) < 4.78 is 14.0. The summed E-state index contributed by atoms with van der Waals surface area (Å²) in [5.41, 5.74) is 0. The van der Waals surface area contributed by atoms with Gasteiger partial charge in [-0.3, -0.25) is 9.59 Å². The van der Waals surface area contributed by atoms with Crippen LogP contribution in [0.4, 0.5) is 0 Å². The van der Waals surface area contributed by atoms with E-state index in [1.165, 1.54) is 13.8 Å². The molecule has 0 saturated carbocycles. The Morgan fingerprint density at radius 3 is 2.25 bits per heavy atom. The quantitative estimate of drug-likeness (QED) is 0.155. The molecule has 24 heavy (non-hydrogen) atoms. The van der Waals surface area contributed by atoms with Crippen molar-refractivity contribution in [2.24, 2.45) is 0 Å². The van der Waals surface area contributed by atoms with E-state index >= 15 is 0 Å². The number of Topliss-reactive ketones (excluding diaryl/α,β-unsaturated/α-hetero) is 1. The zero-order valence-electron chi connectivity index (χ0n) is 13.6. The second-order valence-corrected chi connectivity index (χ2v) is 4.38. The van der Waals surface area contributed by atoms with E-state index in [4.69, 9.17) is 5.11 Å². The summed E-state index contributed by atoms with van der Waals surface area (Å²) in [5, 5.41) is 8.95. The van der Waals surface area contributed by atoms with Crippen LogP contribution in [-0.2, 0) is 33.4 Å². The fraction of sp³-hybridized carbons (Fsp3) is 0.500. The van der Waals surface area contributed by atoms with E-state index in [0.29, 0.717) is 0 Å². The first-order valence-corrected chi connectivity index (χ1v) is 6.94. The third-order valence-electron chi connectivity index (χ3n) is 2.34. The van der Waals surface area contributed by atoms with Crippen molar-refractivity contribution in [3.63, 3.8) is 0 Å². The minimum atomic E-state index is -1.37. The number of rotatable bonds is 8. The summed E-state index contributed by atoms with van der Waals surface area (Å²) in [4.78, 5) is 45.2. The lowest BCUT2D eigenvalue weighted by Crippen LogP contribution is -2.31. The lowest BCUT2D eigenvalue weighted by atomic mass is 10.2. The smallest absolute Gasteiger partial charge is 0.385 e. The van der Waals surface area contributed by atoms with Gasteiger partial charge in [0.05, 0.1) is 0 Å². The summed E-state index contributed by atoms with van der Waals surface area (Å²) in [6, 6.07) is 0. The zero-order chi connectivity index (χ0) is 18.5. The van der Waals surface area contributed by atoms with Crippen LogP contribution in [0, 0.1) is 23.7 Å². The first kappa shape index (κ1) is 21.2. The van der Waals surface area contributed by atoms with Crippen molar-refractivity contribution in [2.75, 3.05) is 13.2 Å². The maximum Gasteiger partial charge on any atom is 0.385 e. The highest BCUT2D eigenvalue weighted by Crippen LogP contribution is 2.01. The number of hydrogen-bond acceptors (Lipinski definition) is 8. The fourth-order valence-corrected chi connectivity index (χ4v) is 1.15. The van der Waals surface area contributed by atoms with E-state index < -0.39 is 42.3 Å². The van der Waals surface area contributed by atoms with E-state index in [1.807, 2.05) is 0 Å². The summed E-state index contributed by atoms with van der Waals surface area (Å²) >= 11 is 0. The molecule has 8 nitrogen and oxygen atoms in total. The normalized spacial score (nSPS) is 11.5. The van der Waals surface area contributed by atoms with E-state index in [0.717, 1.165) is 0 Å². The van der Waals surface area contributed by atoms with E-state index in [9.17, 15) is 19.2 Å². The molecule has 0 bridgehead atoms. The number of aliphatic hydroxyl groups excluding tert-OH is 1. The molecule has 0 fully saturated rings. The Kier molecular flexibility index (Phi) is 10.3. The summed E-state index contributed by atoms with van der Waals surface area (Å²) in [5.74, 6) is 5.84. The molecule has 0 aromatic rings. The monoisotopic (exact) mass is 338 g/mol. The largest absolute Gasteiger partial charge is 0.462 e. The first-order chi connectivity index (χ1) is 11.3. The Morgan fingerprint density at radius 1 is 1.04 bits per heavy atom. The number of ether oxygens (including phenoxy) is 3. The molecule has 0 saturated heterocycles. The number of carbonyl (C=O) groups excluding carboxylic acids is 4. The molecule has 2 unspecified atom stereocenters. The van der Waals surface area contributed by atoms with Crippen LogP contribution in [-0.4, -0.2) is 54.2 Å². The number of hydrogen-bond donors (Lipinski definition) is 1. The summed E-state index contributed by atoms with van der Waals surface area (Å²) in [6.07, 6.45) is -3.17. The second kappa shape index (κ2) is 11.7. The fourth-order valence-electron chi connectivity index (χ4n) is 1.15. The molecule has 1 N–H and O–H groups in total. The molecule has 0 heterocycles. The molecule has 2 atom stereocenters. The molecule has 0 aromatic heterocycles. The molecule has 130 valence electrons. The van der Waals surface area contributed by atoms with Crippen molar-refractivity contribution < 1.29 is 38.5 Å². The third-order valence-corrected chi connectivity index (χ3v) is 2.34. The van der Waals surface area contributed by atoms with Crippen molar-refractivity contribution in [1.29, 1.82) is 0 Å². The highest BCUT2D eigenvalue weighted by molar-refractivity contribution is 5.98. The van der Waals surface area contributed by atoms with Crippen LogP contribution in [0.25, 0.3) is 0 Å². The van der Waals surface area contributed by atoms with Crippen molar-refractivity contribution in [3.8, 4) is 23.7 Å². The predicted octanol–water partition coefficient (Wildman–Crippen LogP) is -0.629. The van der Waals surface area contributed by atoms with Gasteiger partial charge in [0.25, 0.3) is 0 Å². The van der Waals surface area contributed by atoms with Crippen LogP contribution in [0.1, 0.15) is 27.2 Å². The third kappa shape index (κ3) is 9.98. The van der Waals surface area contributed by atoms with Gasteiger partial charge in [-0.1, -0.05) is 5.92 Å².